The molecule has 30 heavy (non-hydrogen) atoms. The fourth-order valence-electron chi connectivity index (χ4n) is 3.29. The Morgan fingerprint density at radius 3 is 2.83 bits per heavy atom. The van der Waals surface area contributed by atoms with Crippen LogP contribution in [-0.4, -0.2) is 37.1 Å². The molecule has 0 bridgehead atoms. The molecule has 0 aliphatic carbocycles. The van der Waals surface area contributed by atoms with E-state index < -0.39 is 0 Å². The highest BCUT2D eigenvalue weighted by Crippen LogP contribution is 2.34. The van der Waals surface area contributed by atoms with E-state index in [4.69, 9.17) is 16.0 Å². The van der Waals surface area contributed by atoms with E-state index in [1.807, 2.05) is 25.1 Å². The number of furan rings is 1. The van der Waals surface area contributed by atoms with E-state index in [0.717, 1.165) is 17.7 Å². The quantitative estimate of drug-likeness (QED) is 0.559. The van der Waals surface area contributed by atoms with Crippen molar-refractivity contribution in [2.45, 2.75) is 37.5 Å². The van der Waals surface area contributed by atoms with Crippen molar-refractivity contribution in [2.24, 2.45) is 5.10 Å². The van der Waals surface area contributed by atoms with Crippen LogP contribution in [0.4, 0.5) is 0 Å². The number of nitrogens with zero attached hydrogens (tertiary/aromatic N) is 4. The molecule has 0 fully saturated rings. The van der Waals surface area contributed by atoms with Crippen molar-refractivity contribution in [3.05, 3.63) is 69.5 Å². The van der Waals surface area contributed by atoms with E-state index in [-0.39, 0.29) is 23.4 Å². The van der Waals surface area contributed by atoms with Crippen molar-refractivity contribution in [2.75, 3.05) is 5.75 Å². The summed E-state index contributed by atoms with van der Waals surface area (Å²) in [5.41, 5.74) is 1.42. The number of hydrogen-bond donors (Lipinski definition) is 1. The Bertz CT molecular complexity index is 1100. The molecule has 8 nitrogen and oxygen atoms in total. The maximum atomic E-state index is 13.0. The van der Waals surface area contributed by atoms with Crippen molar-refractivity contribution in [1.82, 2.24) is 19.8 Å². The summed E-state index contributed by atoms with van der Waals surface area (Å²) in [4.78, 5) is 24.9. The van der Waals surface area contributed by atoms with Gasteiger partial charge in [-0.2, -0.15) is 5.10 Å². The maximum Gasteiger partial charge on any atom is 0.343 e. The molecule has 0 saturated heterocycles. The number of thioether (sulfide) groups is 1. The third kappa shape index (κ3) is 4.22. The first-order valence-electron chi connectivity index (χ1n) is 9.53. The Labute approximate surface area is 181 Å². The summed E-state index contributed by atoms with van der Waals surface area (Å²) >= 11 is 7.20. The molecule has 10 heteroatoms. The van der Waals surface area contributed by atoms with Crippen LogP contribution in [0.5, 0.6) is 0 Å². The second-order valence-corrected chi connectivity index (χ2v) is 8.16. The fraction of sp³-hybridized carbons (Fsp3) is 0.300. The Kier molecular flexibility index (Phi) is 6.10. The van der Waals surface area contributed by atoms with Crippen LogP contribution < -0.4 is 5.69 Å². The van der Waals surface area contributed by atoms with E-state index in [2.05, 4.69) is 15.3 Å². The van der Waals surface area contributed by atoms with Gasteiger partial charge in [0.2, 0.25) is 0 Å². The van der Waals surface area contributed by atoms with E-state index in [1.165, 1.54) is 21.3 Å². The molecule has 2 aromatic heterocycles. The zero-order valence-corrected chi connectivity index (χ0v) is 17.8. The first-order valence-corrected chi connectivity index (χ1v) is 10.9. The third-order valence-corrected chi connectivity index (χ3v) is 5.92. The predicted molar refractivity (Wildman–Crippen MR) is 115 cm³/mol. The summed E-state index contributed by atoms with van der Waals surface area (Å²) in [5, 5.41) is 13.6. The van der Waals surface area contributed by atoms with Gasteiger partial charge >= 0.3 is 5.69 Å². The van der Waals surface area contributed by atoms with Gasteiger partial charge in [0.25, 0.3) is 5.91 Å². The average molecular weight is 446 g/mol. The standard InChI is InChI=1S/C20H20ClN5O3S/c1-2-9-25-19(28)22-23-20(25)30-12-18(27)26-16(17-4-3-10-29-17)11-15(24-26)13-5-7-14(21)8-6-13/h3-8,10,16H,2,9,11-12H2,1H3,(H,22,28)/t16-/m0/s1. The molecule has 0 radical (unpaired) electrons. The van der Waals surface area contributed by atoms with Gasteiger partial charge < -0.3 is 4.42 Å². The number of H-pyrrole nitrogens is 1. The number of halogens is 1. The second-order valence-electron chi connectivity index (χ2n) is 6.78. The molecular weight excluding hydrogens is 426 g/mol. The summed E-state index contributed by atoms with van der Waals surface area (Å²) in [7, 11) is 0. The van der Waals surface area contributed by atoms with Gasteiger partial charge in [0.05, 0.1) is 17.7 Å². The normalized spacial score (nSPS) is 16.1. The third-order valence-electron chi connectivity index (χ3n) is 4.71. The molecule has 3 aromatic rings. The SMILES string of the molecule is CCCn1c(SCC(=O)N2N=C(c3ccc(Cl)cc3)C[C@H]2c2ccco2)n[nH]c1=O. The Morgan fingerprint density at radius 1 is 1.33 bits per heavy atom. The van der Waals surface area contributed by atoms with Crippen molar-refractivity contribution < 1.29 is 9.21 Å². The van der Waals surface area contributed by atoms with E-state index >= 15 is 0 Å². The van der Waals surface area contributed by atoms with E-state index in [1.54, 1.807) is 24.5 Å². The zero-order chi connectivity index (χ0) is 21.1. The number of aromatic amines is 1. The van der Waals surface area contributed by atoms with Gasteiger partial charge in [0.15, 0.2) is 5.16 Å². The minimum atomic E-state index is -0.323. The van der Waals surface area contributed by atoms with Crippen LogP contribution in [0.25, 0.3) is 0 Å². The smallest absolute Gasteiger partial charge is 0.343 e. The Hall–Kier alpha value is -2.78. The summed E-state index contributed by atoms with van der Waals surface area (Å²) in [5.74, 6) is 0.579. The number of hydrazone groups is 1. The van der Waals surface area contributed by atoms with Crippen LogP contribution >= 0.6 is 23.4 Å². The molecular formula is C20H20ClN5O3S. The highest BCUT2D eigenvalue weighted by atomic mass is 35.5. The number of benzene rings is 1. The Morgan fingerprint density at radius 2 is 2.13 bits per heavy atom. The van der Waals surface area contributed by atoms with E-state index in [9.17, 15) is 9.59 Å². The molecule has 1 aromatic carbocycles. The van der Waals surface area contributed by atoms with Crippen LogP contribution in [0.1, 0.15) is 37.1 Å². The van der Waals surface area contributed by atoms with Gasteiger partial charge in [-0.05, 0) is 36.2 Å². The van der Waals surface area contributed by atoms with Crippen molar-refractivity contribution in [3.63, 3.8) is 0 Å². The second kappa shape index (κ2) is 8.93. The maximum absolute atomic E-state index is 13.0. The van der Waals surface area contributed by atoms with Crippen molar-refractivity contribution in [3.8, 4) is 0 Å². The summed E-state index contributed by atoms with van der Waals surface area (Å²) in [6.07, 6.45) is 2.91. The molecule has 1 aliphatic heterocycles. The van der Waals surface area contributed by atoms with Crippen LogP contribution in [0, 0.1) is 0 Å². The first-order chi connectivity index (χ1) is 14.6. The van der Waals surface area contributed by atoms with Gasteiger partial charge in [-0.1, -0.05) is 42.4 Å². The average Bonchev–Trinajstić information content (AvgIpc) is 3.48. The monoisotopic (exact) mass is 445 g/mol. The molecule has 1 N–H and O–H groups in total. The molecule has 3 heterocycles. The molecule has 1 atom stereocenters. The fourth-order valence-corrected chi connectivity index (χ4v) is 4.24. The van der Waals surface area contributed by atoms with Gasteiger partial charge in [-0.25, -0.2) is 14.9 Å². The van der Waals surface area contributed by atoms with Crippen LogP contribution in [-0.2, 0) is 11.3 Å². The highest BCUT2D eigenvalue weighted by molar-refractivity contribution is 7.99. The van der Waals surface area contributed by atoms with Gasteiger partial charge in [0.1, 0.15) is 11.8 Å². The number of aromatic nitrogens is 3. The molecule has 1 aliphatic rings. The van der Waals surface area contributed by atoms with Crippen LogP contribution in [0.2, 0.25) is 5.02 Å². The van der Waals surface area contributed by atoms with Crippen molar-refractivity contribution >= 4 is 35.0 Å². The topological polar surface area (TPSA) is 96.5 Å². The van der Waals surface area contributed by atoms with E-state index in [0.29, 0.717) is 28.9 Å². The number of rotatable bonds is 7. The lowest BCUT2D eigenvalue weighted by Crippen LogP contribution is -2.28. The number of carbonyl (C=O) groups excluding carboxylic acids is 1. The largest absolute Gasteiger partial charge is 0.467 e. The summed E-state index contributed by atoms with van der Waals surface area (Å²) < 4.78 is 7.10. The number of hydrogen-bond acceptors (Lipinski definition) is 6. The number of nitrogens with one attached hydrogen (secondary N) is 1. The van der Waals surface area contributed by atoms with Gasteiger partial charge in [-0.3, -0.25) is 9.36 Å². The zero-order valence-electron chi connectivity index (χ0n) is 16.2. The summed E-state index contributed by atoms with van der Waals surface area (Å²) in [6.45, 7) is 2.52. The molecule has 0 unspecified atom stereocenters. The molecule has 0 spiro atoms. The van der Waals surface area contributed by atoms with Gasteiger partial charge in [0, 0.05) is 18.0 Å². The minimum Gasteiger partial charge on any atom is -0.467 e. The van der Waals surface area contributed by atoms with Crippen LogP contribution in [0.15, 0.2) is 62.1 Å². The predicted octanol–water partition coefficient (Wildman–Crippen LogP) is 3.70. The summed E-state index contributed by atoms with van der Waals surface area (Å²) in [6, 6.07) is 10.7. The lowest BCUT2D eigenvalue weighted by Gasteiger charge is -2.19. The number of amides is 1. The lowest BCUT2D eigenvalue weighted by molar-refractivity contribution is -0.130. The molecule has 0 saturated carbocycles. The Balaban J connectivity index is 1.55. The first kappa shape index (κ1) is 20.5. The molecule has 4 rings (SSSR count). The lowest BCUT2D eigenvalue weighted by atomic mass is 10.0. The van der Waals surface area contributed by atoms with Crippen molar-refractivity contribution in [1.29, 1.82) is 0 Å². The number of carbonyl (C=O) groups is 1. The highest BCUT2D eigenvalue weighted by Gasteiger charge is 2.35. The van der Waals surface area contributed by atoms with Crippen LogP contribution in [0.3, 0.4) is 0 Å². The van der Waals surface area contributed by atoms with Gasteiger partial charge in [-0.15, -0.1) is 5.10 Å². The molecule has 1 amide bonds. The minimum absolute atomic E-state index is 0.0998. The molecule has 156 valence electrons.